The highest BCUT2D eigenvalue weighted by Crippen LogP contribution is 2.25. The summed E-state index contributed by atoms with van der Waals surface area (Å²) in [5, 5.41) is 0. The first-order chi connectivity index (χ1) is 8.79. The van der Waals surface area contributed by atoms with E-state index < -0.39 is 0 Å². The fourth-order valence-electron chi connectivity index (χ4n) is 2.29. The smallest absolute Gasteiger partial charge is 0.338 e. The number of ether oxygens (including phenoxy) is 2. The third kappa shape index (κ3) is 3.49. The summed E-state index contributed by atoms with van der Waals surface area (Å²) in [7, 11) is 0. The molecule has 2 rings (SSSR count). The van der Waals surface area contributed by atoms with Crippen LogP contribution in [0.2, 0.25) is 0 Å². The number of hydrogen-bond acceptors (Lipinski definition) is 3. The molecule has 1 aromatic rings. The van der Waals surface area contributed by atoms with Gasteiger partial charge in [0.05, 0.1) is 18.8 Å². The minimum Gasteiger partial charge on any atom is -0.493 e. The maximum Gasteiger partial charge on any atom is 0.338 e. The molecule has 3 heteroatoms. The molecule has 0 unspecified atom stereocenters. The molecule has 0 atom stereocenters. The Labute approximate surface area is 108 Å². The molecule has 18 heavy (non-hydrogen) atoms. The lowest BCUT2D eigenvalue weighted by atomic mass is 10.1. The SMILES string of the molecule is CCOC(=O)c1ccc(OCC2CCCC2)cc1. The van der Waals surface area contributed by atoms with Crippen molar-refractivity contribution >= 4 is 5.97 Å². The van der Waals surface area contributed by atoms with Crippen LogP contribution in [0.1, 0.15) is 43.0 Å². The molecule has 3 nitrogen and oxygen atoms in total. The van der Waals surface area contributed by atoms with Gasteiger partial charge in [-0.1, -0.05) is 12.8 Å². The Morgan fingerprint density at radius 2 is 1.89 bits per heavy atom. The monoisotopic (exact) mass is 248 g/mol. The minimum atomic E-state index is -0.278. The van der Waals surface area contributed by atoms with E-state index in [4.69, 9.17) is 9.47 Å². The molecule has 1 aromatic carbocycles. The molecule has 0 aromatic heterocycles. The summed E-state index contributed by atoms with van der Waals surface area (Å²) >= 11 is 0. The molecule has 0 radical (unpaired) electrons. The fraction of sp³-hybridized carbons (Fsp3) is 0.533. The summed E-state index contributed by atoms with van der Waals surface area (Å²) in [4.78, 5) is 11.5. The van der Waals surface area contributed by atoms with Crippen LogP contribution >= 0.6 is 0 Å². The lowest BCUT2D eigenvalue weighted by molar-refractivity contribution is 0.0526. The van der Waals surface area contributed by atoms with Crippen LogP contribution in [-0.4, -0.2) is 19.2 Å². The first-order valence-corrected chi connectivity index (χ1v) is 6.69. The molecular weight excluding hydrogens is 228 g/mol. The molecule has 1 saturated carbocycles. The van der Waals surface area contributed by atoms with Gasteiger partial charge in [-0.3, -0.25) is 0 Å². The molecule has 0 N–H and O–H groups in total. The van der Waals surface area contributed by atoms with Gasteiger partial charge in [0.15, 0.2) is 0 Å². The van der Waals surface area contributed by atoms with Gasteiger partial charge < -0.3 is 9.47 Å². The van der Waals surface area contributed by atoms with Crippen molar-refractivity contribution < 1.29 is 14.3 Å². The zero-order chi connectivity index (χ0) is 12.8. The van der Waals surface area contributed by atoms with Gasteiger partial charge in [0.25, 0.3) is 0 Å². The van der Waals surface area contributed by atoms with E-state index in [1.807, 2.05) is 12.1 Å². The molecule has 0 heterocycles. The third-order valence-corrected chi connectivity index (χ3v) is 3.33. The summed E-state index contributed by atoms with van der Waals surface area (Å²) in [6.07, 6.45) is 5.22. The Balaban J connectivity index is 1.85. The topological polar surface area (TPSA) is 35.5 Å². The zero-order valence-electron chi connectivity index (χ0n) is 10.9. The number of carbonyl (C=O) groups is 1. The Hall–Kier alpha value is -1.51. The van der Waals surface area contributed by atoms with Crippen molar-refractivity contribution in [3.05, 3.63) is 29.8 Å². The van der Waals surface area contributed by atoms with E-state index in [-0.39, 0.29) is 5.97 Å². The lowest BCUT2D eigenvalue weighted by Gasteiger charge is -2.11. The quantitative estimate of drug-likeness (QED) is 0.749. The first-order valence-electron chi connectivity index (χ1n) is 6.69. The van der Waals surface area contributed by atoms with Gasteiger partial charge in [0.1, 0.15) is 5.75 Å². The van der Waals surface area contributed by atoms with Gasteiger partial charge in [0.2, 0.25) is 0 Å². The predicted octanol–water partition coefficient (Wildman–Crippen LogP) is 3.43. The Morgan fingerprint density at radius 3 is 2.50 bits per heavy atom. The van der Waals surface area contributed by atoms with Crippen molar-refractivity contribution in [3.63, 3.8) is 0 Å². The number of carbonyl (C=O) groups excluding carboxylic acids is 1. The molecule has 1 fully saturated rings. The molecule has 1 aliphatic carbocycles. The van der Waals surface area contributed by atoms with E-state index in [2.05, 4.69) is 0 Å². The molecule has 0 aliphatic heterocycles. The van der Waals surface area contributed by atoms with E-state index in [0.29, 0.717) is 18.1 Å². The summed E-state index contributed by atoms with van der Waals surface area (Å²) in [5.74, 6) is 1.25. The van der Waals surface area contributed by atoms with Crippen LogP contribution in [0.5, 0.6) is 5.75 Å². The molecule has 98 valence electrons. The first kappa shape index (κ1) is 12.9. The van der Waals surface area contributed by atoms with Gasteiger partial charge in [-0.2, -0.15) is 0 Å². The highest BCUT2D eigenvalue weighted by Gasteiger charge is 2.15. The average molecular weight is 248 g/mol. The van der Waals surface area contributed by atoms with E-state index in [9.17, 15) is 4.79 Å². The lowest BCUT2D eigenvalue weighted by Crippen LogP contribution is -2.08. The van der Waals surface area contributed by atoms with E-state index >= 15 is 0 Å². The van der Waals surface area contributed by atoms with Crippen molar-refractivity contribution in [3.8, 4) is 5.75 Å². The van der Waals surface area contributed by atoms with Crippen LogP contribution in [0.15, 0.2) is 24.3 Å². The zero-order valence-corrected chi connectivity index (χ0v) is 10.9. The summed E-state index contributed by atoms with van der Waals surface area (Å²) in [5.41, 5.74) is 0.574. The van der Waals surface area contributed by atoms with Crippen molar-refractivity contribution in [1.29, 1.82) is 0 Å². The second-order valence-corrected chi connectivity index (χ2v) is 4.71. The van der Waals surface area contributed by atoms with Crippen LogP contribution in [0, 0.1) is 5.92 Å². The van der Waals surface area contributed by atoms with Crippen molar-refractivity contribution in [1.82, 2.24) is 0 Å². The summed E-state index contributed by atoms with van der Waals surface area (Å²) in [6.45, 7) is 2.99. The van der Waals surface area contributed by atoms with Crippen LogP contribution in [0.25, 0.3) is 0 Å². The normalized spacial score (nSPS) is 15.6. The maximum absolute atomic E-state index is 11.5. The molecule has 0 bridgehead atoms. The Kier molecular flexibility index (Phi) is 4.62. The van der Waals surface area contributed by atoms with E-state index in [1.165, 1.54) is 25.7 Å². The minimum absolute atomic E-state index is 0.278. The Bertz CT molecular complexity index is 377. The van der Waals surface area contributed by atoms with Crippen molar-refractivity contribution in [2.24, 2.45) is 5.92 Å². The largest absolute Gasteiger partial charge is 0.493 e. The highest BCUT2D eigenvalue weighted by atomic mass is 16.5. The molecular formula is C15H20O3. The Morgan fingerprint density at radius 1 is 1.22 bits per heavy atom. The fourth-order valence-corrected chi connectivity index (χ4v) is 2.29. The van der Waals surface area contributed by atoms with Crippen LogP contribution in [0.3, 0.4) is 0 Å². The van der Waals surface area contributed by atoms with E-state index in [1.54, 1.807) is 19.1 Å². The van der Waals surface area contributed by atoms with Gasteiger partial charge in [-0.05, 0) is 49.9 Å². The highest BCUT2D eigenvalue weighted by molar-refractivity contribution is 5.89. The van der Waals surface area contributed by atoms with Gasteiger partial charge >= 0.3 is 5.97 Å². The third-order valence-electron chi connectivity index (χ3n) is 3.33. The maximum atomic E-state index is 11.5. The van der Waals surface area contributed by atoms with Gasteiger partial charge in [0, 0.05) is 0 Å². The van der Waals surface area contributed by atoms with Crippen LogP contribution in [-0.2, 0) is 4.74 Å². The number of rotatable bonds is 5. The standard InChI is InChI=1S/C15H20O3/c1-2-17-15(16)13-7-9-14(10-8-13)18-11-12-5-3-4-6-12/h7-10,12H,2-6,11H2,1H3. The number of esters is 1. The van der Waals surface area contributed by atoms with Crippen molar-refractivity contribution in [2.75, 3.05) is 13.2 Å². The van der Waals surface area contributed by atoms with Crippen LogP contribution < -0.4 is 4.74 Å². The summed E-state index contributed by atoms with van der Waals surface area (Å²) < 4.78 is 10.7. The second-order valence-electron chi connectivity index (χ2n) is 4.71. The van der Waals surface area contributed by atoms with E-state index in [0.717, 1.165) is 12.4 Å². The number of hydrogen-bond donors (Lipinski definition) is 0. The second kappa shape index (κ2) is 6.43. The summed E-state index contributed by atoms with van der Waals surface area (Å²) in [6, 6.07) is 7.17. The molecule has 0 saturated heterocycles. The molecule has 1 aliphatic rings. The van der Waals surface area contributed by atoms with Gasteiger partial charge in [-0.15, -0.1) is 0 Å². The molecule has 0 spiro atoms. The average Bonchev–Trinajstić information content (AvgIpc) is 2.90. The molecule has 0 amide bonds. The van der Waals surface area contributed by atoms with Crippen molar-refractivity contribution in [2.45, 2.75) is 32.6 Å². The number of benzene rings is 1. The predicted molar refractivity (Wildman–Crippen MR) is 69.9 cm³/mol. The van der Waals surface area contributed by atoms with Crippen LogP contribution in [0.4, 0.5) is 0 Å². The van der Waals surface area contributed by atoms with Gasteiger partial charge in [-0.25, -0.2) is 4.79 Å².